The zero-order valence-corrected chi connectivity index (χ0v) is 10.4. The van der Waals surface area contributed by atoms with Gasteiger partial charge in [-0.15, -0.1) is 0 Å². The highest BCUT2D eigenvalue weighted by atomic mass is 16.5. The molecule has 0 aliphatic rings. The van der Waals surface area contributed by atoms with Crippen LogP contribution in [0.4, 0.5) is 0 Å². The highest BCUT2D eigenvalue weighted by Crippen LogP contribution is 2.13. The highest BCUT2D eigenvalue weighted by molar-refractivity contribution is 4.69. The first kappa shape index (κ1) is 13.9. The van der Waals surface area contributed by atoms with E-state index in [2.05, 4.69) is 38.2 Å². The maximum atomic E-state index is 5.63. The fourth-order valence-corrected chi connectivity index (χ4v) is 1.36. The van der Waals surface area contributed by atoms with E-state index in [0.717, 1.165) is 32.7 Å². The first-order valence-corrected chi connectivity index (χ1v) is 5.35. The van der Waals surface area contributed by atoms with E-state index >= 15 is 0 Å². The first-order chi connectivity index (χ1) is 6.48. The Labute approximate surface area is 88.8 Å². The van der Waals surface area contributed by atoms with Crippen LogP contribution in [0, 0.1) is 5.41 Å². The number of nitrogens with one attached hydrogen (secondary N) is 1. The third-order valence-electron chi connectivity index (χ3n) is 2.04. The van der Waals surface area contributed by atoms with E-state index < -0.39 is 0 Å². The van der Waals surface area contributed by atoms with E-state index in [1.807, 2.05) is 7.05 Å². The van der Waals surface area contributed by atoms with Crippen LogP contribution < -0.4 is 5.32 Å². The van der Waals surface area contributed by atoms with Crippen molar-refractivity contribution in [1.29, 1.82) is 0 Å². The lowest BCUT2D eigenvalue weighted by Crippen LogP contribution is -2.31. The van der Waals surface area contributed by atoms with E-state index in [9.17, 15) is 0 Å². The normalized spacial score (nSPS) is 12.4. The standard InChI is InChI=1S/C11H26N2O/c1-11(2,9-12-3)10-14-8-6-7-13(4)5/h12H,6-10H2,1-5H3. The molecule has 0 unspecified atom stereocenters. The van der Waals surface area contributed by atoms with E-state index in [0.29, 0.717) is 0 Å². The molecule has 0 aliphatic carbocycles. The molecule has 0 aromatic carbocycles. The fraction of sp³-hybridized carbons (Fsp3) is 1.00. The maximum absolute atomic E-state index is 5.63. The van der Waals surface area contributed by atoms with E-state index in [4.69, 9.17) is 4.74 Å². The van der Waals surface area contributed by atoms with Gasteiger partial charge in [0.2, 0.25) is 0 Å². The van der Waals surface area contributed by atoms with Gasteiger partial charge in [-0.25, -0.2) is 0 Å². The van der Waals surface area contributed by atoms with E-state index in [1.165, 1.54) is 0 Å². The molecule has 0 radical (unpaired) electrons. The van der Waals surface area contributed by atoms with Crippen LogP contribution in [0.15, 0.2) is 0 Å². The zero-order valence-electron chi connectivity index (χ0n) is 10.4. The van der Waals surface area contributed by atoms with Gasteiger partial charge in [0.1, 0.15) is 0 Å². The first-order valence-electron chi connectivity index (χ1n) is 5.35. The molecule has 14 heavy (non-hydrogen) atoms. The molecule has 1 N–H and O–H groups in total. The Bertz CT molecular complexity index is 135. The summed E-state index contributed by atoms with van der Waals surface area (Å²) in [6.45, 7) is 8.24. The van der Waals surface area contributed by atoms with Crippen LogP contribution in [-0.2, 0) is 4.74 Å². The van der Waals surface area contributed by atoms with E-state index in [-0.39, 0.29) is 5.41 Å². The Kier molecular flexibility index (Phi) is 7.15. The fourth-order valence-electron chi connectivity index (χ4n) is 1.36. The van der Waals surface area contributed by atoms with Gasteiger partial charge in [-0.2, -0.15) is 0 Å². The summed E-state index contributed by atoms with van der Waals surface area (Å²) in [6.07, 6.45) is 1.11. The van der Waals surface area contributed by atoms with Gasteiger partial charge in [-0.1, -0.05) is 13.8 Å². The van der Waals surface area contributed by atoms with Crippen LogP contribution in [0.3, 0.4) is 0 Å². The smallest absolute Gasteiger partial charge is 0.0529 e. The molecule has 0 saturated heterocycles. The van der Waals surface area contributed by atoms with Gasteiger partial charge >= 0.3 is 0 Å². The molecule has 0 amide bonds. The summed E-state index contributed by atoms with van der Waals surface area (Å²) in [5, 5.41) is 3.18. The average Bonchev–Trinajstić information content (AvgIpc) is 2.02. The summed E-state index contributed by atoms with van der Waals surface area (Å²) in [4.78, 5) is 2.18. The molecule has 0 aliphatic heterocycles. The summed E-state index contributed by atoms with van der Waals surface area (Å²) in [6, 6.07) is 0. The van der Waals surface area contributed by atoms with Gasteiger partial charge in [-0.3, -0.25) is 0 Å². The minimum absolute atomic E-state index is 0.243. The molecule has 0 atom stereocenters. The van der Waals surface area contributed by atoms with Gasteiger partial charge in [0, 0.05) is 18.6 Å². The van der Waals surface area contributed by atoms with Crippen molar-refractivity contribution in [2.24, 2.45) is 5.41 Å². The number of ether oxygens (including phenoxy) is 1. The van der Waals surface area contributed by atoms with Crippen LogP contribution in [0.1, 0.15) is 20.3 Å². The van der Waals surface area contributed by atoms with Crippen molar-refractivity contribution in [3.8, 4) is 0 Å². The van der Waals surface area contributed by atoms with Crippen LogP contribution in [0.25, 0.3) is 0 Å². The molecule has 0 aromatic rings. The molecule has 0 aromatic heterocycles. The van der Waals surface area contributed by atoms with Crippen LogP contribution in [0.5, 0.6) is 0 Å². The predicted molar refractivity (Wildman–Crippen MR) is 61.7 cm³/mol. The van der Waals surface area contributed by atoms with Crippen molar-refractivity contribution < 1.29 is 4.74 Å². The topological polar surface area (TPSA) is 24.5 Å². The maximum Gasteiger partial charge on any atom is 0.0529 e. The molecular formula is C11H26N2O. The molecule has 0 fully saturated rings. The summed E-state index contributed by atoms with van der Waals surface area (Å²) in [7, 11) is 6.16. The Morgan fingerprint density at radius 3 is 2.43 bits per heavy atom. The Hall–Kier alpha value is -0.120. The SMILES string of the molecule is CNCC(C)(C)COCCCN(C)C. The monoisotopic (exact) mass is 202 g/mol. The van der Waals surface area contributed by atoms with Crippen LogP contribution in [-0.4, -0.2) is 52.3 Å². The largest absolute Gasteiger partial charge is 0.381 e. The number of hydrogen-bond donors (Lipinski definition) is 1. The molecule has 0 heterocycles. The van der Waals surface area contributed by atoms with Crippen molar-refractivity contribution >= 4 is 0 Å². The van der Waals surface area contributed by atoms with E-state index in [1.54, 1.807) is 0 Å². The lowest BCUT2D eigenvalue weighted by molar-refractivity contribution is 0.0589. The average molecular weight is 202 g/mol. The molecule has 86 valence electrons. The van der Waals surface area contributed by atoms with Crippen LogP contribution in [0.2, 0.25) is 0 Å². The molecular weight excluding hydrogens is 176 g/mol. The Morgan fingerprint density at radius 2 is 1.93 bits per heavy atom. The Morgan fingerprint density at radius 1 is 1.29 bits per heavy atom. The number of hydrogen-bond acceptors (Lipinski definition) is 3. The minimum Gasteiger partial charge on any atom is -0.381 e. The third-order valence-corrected chi connectivity index (χ3v) is 2.04. The minimum atomic E-state index is 0.243. The number of rotatable bonds is 8. The zero-order chi connectivity index (χ0) is 11.0. The molecule has 0 spiro atoms. The highest BCUT2D eigenvalue weighted by Gasteiger charge is 2.16. The van der Waals surface area contributed by atoms with Gasteiger partial charge in [0.05, 0.1) is 6.61 Å². The van der Waals surface area contributed by atoms with Crippen molar-refractivity contribution in [3.05, 3.63) is 0 Å². The molecule has 0 saturated carbocycles. The number of nitrogens with zero attached hydrogens (tertiary/aromatic N) is 1. The predicted octanol–water partition coefficient (Wildman–Crippen LogP) is 1.20. The van der Waals surface area contributed by atoms with Crippen molar-refractivity contribution in [3.63, 3.8) is 0 Å². The lowest BCUT2D eigenvalue weighted by atomic mass is 9.95. The second-order valence-corrected chi connectivity index (χ2v) is 4.90. The van der Waals surface area contributed by atoms with Crippen molar-refractivity contribution in [2.75, 3.05) is 47.4 Å². The van der Waals surface area contributed by atoms with Gasteiger partial charge in [-0.05, 0) is 34.1 Å². The molecule has 3 nitrogen and oxygen atoms in total. The van der Waals surface area contributed by atoms with Crippen LogP contribution >= 0.6 is 0 Å². The molecule has 0 bridgehead atoms. The van der Waals surface area contributed by atoms with Gasteiger partial charge < -0.3 is 15.0 Å². The quantitative estimate of drug-likeness (QED) is 0.599. The summed E-state index contributed by atoms with van der Waals surface area (Å²) >= 11 is 0. The van der Waals surface area contributed by atoms with Crippen molar-refractivity contribution in [1.82, 2.24) is 10.2 Å². The summed E-state index contributed by atoms with van der Waals surface area (Å²) < 4.78 is 5.63. The third kappa shape index (κ3) is 8.48. The molecule has 0 rings (SSSR count). The Balaban J connectivity index is 3.34. The van der Waals surface area contributed by atoms with Gasteiger partial charge in [0.25, 0.3) is 0 Å². The van der Waals surface area contributed by atoms with Gasteiger partial charge in [0.15, 0.2) is 0 Å². The lowest BCUT2D eigenvalue weighted by Gasteiger charge is -2.24. The summed E-state index contributed by atoms with van der Waals surface area (Å²) in [5.41, 5.74) is 0.243. The summed E-state index contributed by atoms with van der Waals surface area (Å²) in [5.74, 6) is 0. The van der Waals surface area contributed by atoms with Crippen molar-refractivity contribution in [2.45, 2.75) is 20.3 Å². The second-order valence-electron chi connectivity index (χ2n) is 4.90. The molecule has 3 heteroatoms. The second kappa shape index (κ2) is 7.21.